The van der Waals surface area contributed by atoms with Crippen molar-refractivity contribution in [1.29, 1.82) is 0 Å². The van der Waals surface area contributed by atoms with E-state index >= 15 is 0 Å². The third-order valence-corrected chi connectivity index (χ3v) is 3.66. The summed E-state index contributed by atoms with van der Waals surface area (Å²) in [5, 5.41) is 0. The van der Waals surface area contributed by atoms with Crippen LogP contribution in [0.25, 0.3) is 0 Å². The number of carbonyl (C=O) groups excluding carboxylic acids is 1. The van der Waals surface area contributed by atoms with Crippen LogP contribution in [0.5, 0.6) is 0 Å². The van der Waals surface area contributed by atoms with Gasteiger partial charge in [0, 0.05) is 13.1 Å². The zero-order valence-electron chi connectivity index (χ0n) is 11.0. The molecule has 0 aliphatic carbocycles. The lowest BCUT2D eigenvalue weighted by molar-refractivity contribution is 0.0819. The number of piperidine rings is 1. The van der Waals surface area contributed by atoms with E-state index in [-0.39, 0.29) is 6.09 Å². The highest BCUT2D eigenvalue weighted by molar-refractivity contribution is 5.67. The molecule has 3 heteroatoms. The molecule has 0 unspecified atom stereocenters. The maximum absolute atomic E-state index is 11.9. The monoisotopic (exact) mass is 247 g/mol. The van der Waals surface area contributed by atoms with Crippen LogP contribution in [0.1, 0.15) is 31.7 Å². The molecule has 98 valence electrons. The molecule has 18 heavy (non-hydrogen) atoms. The van der Waals surface area contributed by atoms with Gasteiger partial charge in [-0.2, -0.15) is 0 Å². The highest BCUT2D eigenvalue weighted by atomic mass is 16.6. The van der Waals surface area contributed by atoms with Crippen molar-refractivity contribution in [3.8, 4) is 0 Å². The largest absolute Gasteiger partial charge is 0.445 e. The maximum Gasteiger partial charge on any atom is 0.410 e. The Morgan fingerprint density at radius 3 is 2.56 bits per heavy atom. The van der Waals surface area contributed by atoms with Crippen molar-refractivity contribution in [3.63, 3.8) is 0 Å². The summed E-state index contributed by atoms with van der Waals surface area (Å²) in [6.45, 7) is 4.26. The topological polar surface area (TPSA) is 29.5 Å². The van der Waals surface area contributed by atoms with E-state index in [1.807, 2.05) is 35.2 Å². The van der Waals surface area contributed by atoms with E-state index in [4.69, 9.17) is 4.74 Å². The average Bonchev–Trinajstić information content (AvgIpc) is 2.46. The van der Waals surface area contributed by atoms with Crippen molar-refractivity contribution >= 4 is 6.09 Å². The quantitative estimate of drug-likeness (QED) is 0.818. The highest BCUT2D eigenvalue weighted by Gasteiger charge is 2.22. The van der Waals surface area contributed by atoms with E-state index in [1.54, 1.807) is 0 Å². The Hall–Kier alpha value is -1.51. The minimum atomic E-state index is -0.173. The first-order valence-electron chi connectivity index (χ1n) is 6.75. The molecular weight excluding hydrogens is 226 g/mol. The first kappa shape index (κ1) is 12.9. The molecule has 2 rings (SSSR count). The molecular formula is C15H21NO2. The third-order valence-electron chi connectivity index (χ3n) is 3.66. The zero-order valence-corrected chi connectivity index (χ0v) is 11.0. The van der Waals surface area contributed by atoms with Crippen LogP contribution < -0.4 is 0 Å². The van der Waals surface area contributed by atoms with Gasteiger partial charge in [-0.25, -0.2) is 4.79 Å². The molecule has 0 atom stereocenters. The minimum Gasteiger partial charge on any atom is -0.445 e. The molecule has 0 bridgehead atoms. The van der Waals surface area contributed by atoms with Crippen molar-refractivity contribution in [2.75, 3.05) is 13.1 Å². The molecule has 0 radical (unpaired) electrons. The van der Waals surface area contributed by atoms with Gasteiger partial charge in [0.05, 0.1) is 0 Å². The Bertz CT molecular complexity index is 369. The number of hydrogen-bond acceptors (Lipinski definition) is 2. The summed E-state index contributed by atoms with van der Waals surface area (Å²) < 4.78 is 5.32. The van der Waals surface area contributed by atoms with E-state index in [1.165, 1.54) is 6.42 Å². The highest BCUT2D eigenvalue weighted by Crippen LogP contribution is 2.20. The van der Waals surface area contributed by atoms with Crippen molar-refractivity contribution in [2.24, 2.45) is 5.92 Å². The summed E-state index contributed by atoms with van der Waals surface area (Å²) >= 11 is 0. The summed E-state index contributed by atoms with van der Waals surface area (Å²) in [7, 11) is 0. The standard InChI is InChI=1S/C15H21NO2/c1-2-13-8-10-16(11-9-13)15(17)18-12-14-6-4-3-5-7-14/h3-7,13H,2,8-12H2,1H3. The lowest BCUT2D eigenvalue weighted by Gasteiger charge is -2.30. The summed E-state index contributed by atoms with van der Waals surface area (Å²) in [5.74, 6) is 0.781. The molecule has 1 aliphatic heterocycles. The molecule has 1 saturated heterocycles. The van der Waals surface area contributed by atoms with Gasteiger partial charge in [0.1, 0.15) is 6.61 Å². The fourth-order valence-electron chi connectivity index (χ4n) is 2.33. The van der Waals surface area contributed by atoms with E-state index in [2.05, 4.69) is 6.92 Å². The van der Waals surface area contributed by atoms with Gasteiger partial charge in [-0.05, 0) is 24.3 Å². The van der Waals surface area contributed by atoms with Gasteiger partial charge in [0.25, 0.3) is 0 Å². The number of ether oxygens (including phenoxy) is 1. The number of nitrogens with zero attached hydrogens (tertiary/aromatic N) is 1. The Balaban J connectivity index is 1.75. The molecule has 1 aliphatic rings. The van der Waals surface area contributed by atoms with Crippen molar-refractivity contribution in [1.82, 2.24) is 4.90 Å². The molecule has 3 nitrogen and oxygen atoms in total. The zero-order chi connectivity index (χ0) is 12.8. The van der Waals surface area contributed by atoms with E-state index < -0.39 is 0 Å². The fourth-order valence-corrected chi connectivity index (χ4v) is 2.33. The summed E-state index contributed by atoms with van der Waals surface area (Å²) in [4.78, 5) is 13.7. The van der Waals surface area contributed by atoms with E-state index in [9.17, 15) is 4.79 Å². The number of amides is 1. The first-order valence-corrected chi connectivity index (χ1v) is 6.75. The normalized spacial score (nSPS) is 16.6. The average molecular weight is 247 g/mol. The lowest BCUT2D eigenvalue weighted by Crippen LogP contribution is -2.38. The van der Waals surface area contributed by atoms with Crippen molar-refractivity contribution in [3.05, 3.63) is 35.9 Å². The molecule has 0 aromatic heterocycles. The molecule has 1 amide bonds. The first-order chi connectivity index (χ1) is 8.79. The van der Waals surface area contributed by atoms with Gasteiger partial charge in [0.2, 0.25) is 0 Å². The van der Waals surface area contributed by atoms with Crippen LogP contribution in [0.15, 0.2) is 30.3 Å². The number of hydrogen-bond donors (Lipinski definition) is 0. The van der Waals surface area contributed by atoms with E-state index in [0.29, 0.717) is 6.61 Å². The number of likely N-dealkylation sites (tertiary alicyclic amines) is 1. The minimum absolute atomic E-state index is 0.173. The second-order valence-electron chi connectivity index (χ2n) is 4.88. The van der Waals surface area contributed by atoms with Crippen LogP contribution in [0.4, 0.5) is 4.79 Å². The maximum atomic E-state index is 11.9. The molecule has 1 aromatic rings. The fraction of sp³-hybridized carbons (Fsp3) is 0.533. The number of carbonyl (C=O) groups is 1. The second-order valence-corrected chi connectivity index (χ2v) is 4.88. The van der Waals surface area contributed by atoms with Crippen LogP contribution in [0.3, 0.4) is 0 Å². The number of rotatable bonds is 3. The van der Waals surface area contributed by atoms with Crippen molar-refractivity contribution in [2.45, 2.75) is 32.8 Å². The van der Waals surface area contributed by atoms with Crippen LogP contribution in [0.2, 0.25) is 0 Å². The number of benzene rings is 1. The predicted molar refractivity (Wildman–Crippen MR) is 71.2 cm³/mol. The van der Waals surface area contributed by atoms with Crippen LogP contribution in [-0.4, -0.2) is 24.1 Å². The Kier molecular flexibility index (Phi) is 4.62. The van der Waals surface area contributed by atoms with Crippen LogP contribution in [0, 0.1) is 5.92 Å². The van der Waals surface area contributed by atoms with E-state index in [0.717, 1.165) is 37.4 Å². The molecule has 1 heterocycles. The second kappa shape index (κ2) is 6.43. The molecule has 1 fully saturated rings. The van der Waals surface area contributed by atoms with Gasteiger partial charge in [-0.1, -0.05) is 43.7 Å². The SMILES string of the molecule is CCC1CCN(C(=O)OCc2ccccc2)CC1. The molecule has 0 spiro atoms. The molecule has 0 N–H and O–H groups in total. The van der Waals surface area contributed by atoms with Crippen molar-refractivity contribution < 1.29 is 9.53 Å². The summed E-state index contributed by atoms with van der Waals surface area (Å²) in [5.41, 5.74) is 1.04. The molecule has 0 saturated carbocycles. The van der Waals surface area contributed by atoms with Gasteiger partial charge in [-0.15, -0.1) is 0 Å². The third kappa shape index (κ3) is 3.49. The lowest BCUT2D eigenvalue weighted by atomic mass is 9.95. The van der Waals surface area contributed by atoms with Gasteiger partial charge < -0.3 is 9.64 Å². The van der Waals surface area contributed by atoms with Gasteiger partial charge in [-0.3, -0.25) is 0 Å². The van der Waals surface area contributed by atoms with Gasteiger partial charge >= 0.3 is 6.09 Å². The Morgan fingerprint density at radius 2 is 1.94 bits per heavy atom. The summed E-state index contributed by atoms with van der Waals surface area (Å²) in [6.07, 6.45) is 3.26. The summed E-state index contributed by atoms with van der Waals surface area (Å²) in [6, 6.07) is 9.81. The Labute approximate surface area is 109 Å². The van der Waals surface area contributed by atoms with Crippen LogP contribution in [-0.2, 0) is 11.3 Å². The predicted octanol–water partition coefficient (Wildman–Crippen LogP) is 3.45. The smallest absolute Gasteiger partial charge is 0.410 e. The Morgan fingerprint density at radius 1 is 1.28 bits per heavy atom. The van der Waals surface area contributed by atoms with Crippen LogP contribution >= 0.6 is 0 Å². The van der Waals surface area contributed by atoms with Gasteiger partial charge in [0.15, 0.2) is 0 Å². The molecule has 1 aromatic carbocycles.